The minimum Gasteiger partial charge on any atom is -0.206 e. The van der Waals surface area contributed by atoms with Crippen LogP contribution in [0.5, 0.6) is 0 Å². The van der Waals surface area contributed by atoms with E-state index in [0.717, 1.165) is 4.31 Å². The van der Waals surface area contributed by atoms with Crippen LogP contribution >= 0.6 is 0 Å². The largest absolute Gasteiger partial charge is 0.243 e. The second-order valence-corrected chi connectivity index (χ2v) is 3.85. The van der Waals surface area contributed by atoms with Crippen LogP contribution in [-0.4, -0.2) is 25.0 Å². The molecule has 0 aromatic rings. The van der Waals surface area contributed by atoms with Crippen LogP contribution in [0.4, 0.5) is 0 Å². The van der Waals surface area contributed by atoms with E-state index in [9.17, 15) is 8.42 Å². The molecule has 0 atom stereocenters. The molecule has 0 aliphatic carbocycles. The van der Waals surface area contributed by atoms with Crippen LogP contribution in [0.3, 0.4) is 0 Å². The third kappa shape index (κ3) is 0.980. The number of hydrogen-bond acceptors (Lipinski definition) is 3. The maximum absolute atomic E-state index is 10.7. The predicted molar refractivity (Wildman–Crippen MR) is 30.7 cm³/mol. The summed E-state index contributed by atoms with van der Waals surface area (Å²) in [7, 11) is -3.16. The number of rotatable bonds is 0. The molecule has 0 unspecified atom stereocenters. The van der Waals surface area contributed by atoms with Crippen molar-refractivity contribution in [1.29, 1.82) is 5.26 Å². The fraction of sp³-hybridized carbons (Fsp3) is 0.750. The summed E-state index contributed by atoms with van der Waals surface area (Å²) in [6, 6.07) is 0. The standard InChI is InChI=1S/C4H6N2O2S/c5-4-6-2-1-3-9(6,7)8/h1-3H2. The average molecular weight is 146 g/mol. The molecule has 1 fully saturated rings. The van der Waals surface area contributed by atoms with Crippen molar-refractivity contribution in [3.63, 3.8) is 0 Å². The van der Waals surface area contributed by atoms with E-state index in [4.69, 9.17) is 5.26 Å². The molecule has 0 aromatic carbocycles. The molecule has 0 saturated carbocycles. The quantitative estimate of drug-likeness (QED) is 0.433. The Kier molecular flexibility index (Phi) is 1.33. The summed E-state index contributed by atoms with van der Waals surface area (Å²) < 4.78 is 22.2. The highest BCUT2D eigenvalue weighted by Gasteiger charge is 2.26. The van der Waals surface area contributed by atoms with Crippen LogP contribution < -0.4 is 0 Å². The zero-order valence-corrected chi connectivity index (χ0v) is 5.56. The molecule has 0 bridgehead atoms. The Morgan fingerprint density at radius 1 is 1.56 bits per heavy atom. The predicted octanol–water partition coefficient (Wildman–Crippen LogP) is -0.497. The molecule has 1 rings (SSSR count). The third-order valence-corrected chi connectivity index (χ3v) is 2.95. The van der Waals surface area contributed by atoms with Crippen LogP contribution in [0.1, 0.15) is 6.42 Å². The highest BCUT2D eigenvalue weighted by atomic mass is 32.2. The fourth-order valence-electron chi connectivity index (χ4n) is 0.752. The molecule has 9 heavy (non-hydrogen) atoms. The van der Waals surface area contributed by atoms with Crippen molar-refractivity contribution in [3.8, 4) is 6.19 Å². The van der Waals surface area contributed by atoms with E-state index in [-0.39, 0.29) is 5.75 Å². The molecule has 4 nitrogen and oxygen atoms in total. The average Bonchev–Trinajstić information content (AvgIpc) is 2.08. The summed E-state index contributed by atoms with van der Waals surface area (Å²) >= 11 is 0. The lowest BCUT2D eigenvalue weighted by molar-refractivity contribution is 0.541. The van der Waals surface area contributed by atoms with Gasteiger partial charge < -0.3 is 0 Å². The smallest absolute Gasteiger partial charge is 0.206 e. The Labute approximate surface area is 53.7 Å². The first-order chi connectivity index (χ1) is 4.17. The van der Waals surface area contributed by atoms with Gasteiger partial charge in [0.15, 0.2) is 6.19 Å². The number of nitriles is 1. The molecule has 50 valence electrons. The number of nitrogens with zero attached hydrogens (tertiary/aromatic N) is 2. The van der Waals surface area contributed by atoms with Gasteiger partial charge in [-0.15, -0.1) is 0 Å². The van der Waals surface area contributed by atoms with Crippen LogP contribution in [0.2, 0.25) is 0 Å². The Balaban J connectivity index is 2.91. The Hall–Kier alpha value is -0.760. The van der Waals surface area contributed by atoms with E-state index in [0.29, 0.717) is 13.0 Å². The fourth-order valence-corrected chi connectivity index (χ4v) is 2.00. The summed E-state index contributed by atoms with van der Waals surface area (Å²) in [5.41, 5.74) is 0. The molecule has 0 N–H and O–H groups in total. The Morgan fingerprint density at radius 2 is 2.22 bits per heavy atom. The summed E-state index contributed by atoms with van der Waals surface area (Å²) in [6.07, 6.45) is 2.18. The van der Waals surface area contributed by atoms with Crippen molar-refractivity contribution in [3.05, 3.63) is 0 Å². The molecule has 1 aliphatic heterocycles. The van der Waals surface area contributed by atoms with Gasteiger partial charge in [0.25, 0.3) is 0 Å². The first kappa shape index (κ1) is 6.36. The van der Waals surface area contributed by atoms with Crippen molar-refractivity contribution >= 4 is 10.0 Å². The van der Waals surface area contributed by atoms with Gasteiger partial charge in [0, 0.05) is 6.54 Å². The molecule has 1 saturated heterocycles. The van der Waals surface area contributed by atoms with E-state index in [1.54, 1.807) is 6.19 Å². The molecule has 0 aromatic heterocycles. The first-order valence-corrected chi connectivity index (χ1v) is 4.18. The van der Waals surface area contributed by atoms with Gasteiger partial charge in [0.2, 0.25) is 10.0 Å². The highest BCUT2D eigenvalue weighted by molar-refractivity contribution is 7.89. The monoisotopic (exact) mass is 146 g/mol. The normalized spacial score (nSPS) is 23.7. The molecule has 0 radical (unpaired) electrons. The lowest BCUT2D eigenvalue weighted by Gasteiger charge is -2.01. The Bertz CT molecular complexity index is 238. The number of sulfonamides is 1. The summed E-state index contributed by atoms with van der Waals surface area (Å²) in [5, 5.41) is 8.20. The van der Waals surface area contributed by atoms with Gasteiger partial charge in [0.05, 0.1) is 5.75 Å². The lowest BCUT2D eigenvalue weighted by atomic mass is 10.5. The van der Waals surface area contributed by atoms with Crippen molar-refractivity contribution in [2.45, 2.75) is 6.42 Å². The summed E-state index contributed by atoms with van der Waals surface area (Å²) in [6.45, 7) is 0.360. The van der Waals surface area contributed by atoms with E-state index in [1.165, 1.54) is 0 Å². The van der Waals surface area contributed by atoms with Crippen LogP contribution in [0.15, 0.2) is 0 Å². The van der Waals surface area contributed by atoms with Gasteiger partial charge in [-0.05, 0) is 6.42 Å². The van der Waals surface area contributed by atoms with Crippen LogP contribution in [0, 0.1) is 11.5 Å². The number of hydrogen-bond donors (Lipinski definition) is 0. The van der Waals surface area contributed by atoms with Crippen molar-refractivity contribution in [2.75, 3.05) is 12.3 Å². The van der Waals surface area contributed by atoms with E-state index in [2.05, 4.69) is 0 Å². The van der Waals surface area contributed by atoms with E-state index < -0.39 is 10.0 Å². The topological polar surface area (TPSA) is 61.2 Å². The molecule has 5 heteroatoms. The van der Waals surface area contributed by atoms with E-state index in [1.807, 2.05) is 0 Å². The third-order valence-electron chi connectivity index (χ3n) is 1.21. The molecule has 0 spiro atoms. The van der Waals surface area contributed by atoms with Gasteiger partial charge in [-0.3, -0.25) is 0 Å². The lowest BCUT2D eigenvalue weighted by Crippen LogP contribution is -2.19. The van der Waals surface area contributed by atoms with Crippen molar-refractivity contribution in [2.24, 2.45) is 0 Å². The van der Waals surface area contributed by atoms with Crippen LogP contribution in [-0.2, 0) is 10.0 Å². The zero-order chi connectivity index (χ0) is 6.91. The maximum Gasteiger partial charge on any atom is 0.243 e. The van der Waals surface area contributed by atoms with Gasteiger partial charge in [-0.25, -0.2) is 12.7 Å². The SMILES string of the molecule is N#CN1CCCS1(=O)=O. The minimum absolute atomic E-state index is 0.126. The molecule has 0 amide bonds. The zero-order valence-electron chi connectivity index (χ0n) is 4.74. The highest BCUT2D eigenvalue weighted by Crippen LogP contribution is 2.10. The maximum atomic E-state index is 10.7. The molecular weight excluding hydrogens is 140 g/mol. The van der Waals surface area contributed by atoms with Crippen molar-refractivity contribution in [1.82, 2.24) is 4.31 Å². The molecule has 1 aliphatic rings. The summed E-state index contributed by atoms with van der Waals surface area (Å²) in [4.78, 5) is 0. The summed E-state index contributed by atoms with van der Waals surface area (Å²) in [5.74, 6) is 0.126. The molecular formula is C4H6N2O2S. The second-order valence-electron chi connectivity index (χ2n) is 1.84. The minimum atomic E-state index is -3.16. The van der Waals surface area contributed by atoms with Gasteiger partial charge in [-0.1, -0.05) is 0 Å². The first-order valence-electron chi connectivity index (χ1n) is 2.57. The van der Waals surface area contributed by atoms with Gasteiger partial charge >= 0.3 is 0 Å². The van der Waals surface area contributed by atoms with E-state index >= 15 is 0 Å². The van der Waals surface area contributed by atoms with Gasteiger partial charge in [-0.2, -0.15) is 5.26 Å². The van der Waals surface area contributed by atoms with Gasteiger partial charge in [0.1, 0.15) is 0 Å². The van der Waals surface area contributed by atoms with Crippen LogP contribution in [0.25, 0.3) is 0 Å². The Morgan fingerprint density at radius 3 is 2.44 bits per heavy atom. The molecule has 1 heterocycles. The second kappa shape index (κ2) is 1.88. The van der Waals surface area contributed by atoms with Crippen molar-refractivity contribution < 1.29 is 8.42 Å².